The molecular weight excluding hydrogens is 394 g/mol. The number of amides is 2. The number of benzene rings is 1. The Morgan fingerprint density at radius 3 is 2.59 bits per heavy atom. The van der Waals surface area contributed by atoms with Crippen molar-refractivity contribution in [2.24, 2.45) is 5.73 Å². The number of nitrogens with zero attached hydrogens (tertiary/aromatic N) is 1. The van der Waals surface area contributed by atoms with Gasteiger partial charge in [-0.2, -0.15) is 0 Å². The summed E-state index contributed by atoms with van der Waals surface area (Å²) in [7, 11) is 0. The van der Waals surface area contributed by atoms with Crippen LogP contribution in [0.3, 0.4) is 0 Å². The third-order valence-corrected chi connectivity index (χ3v) is 5.37. The lowest BCUT2D eigenvalue weighted by atomic mass is 10.0. The van der Waals surface area contributed by atoms with Gasteiger partial charge in [0.05, 0.1) is 12.5 Å². The molecule has 1 aliphatic rings. The Morgan fingerprint density at radius 1 is 1.28 bits per heavy atom. The van der Waals surface area contributed by atoms with Crippen LogP contribution in [-0.2, 0) is 9.53 Å². The molecule has 8 heteroatoms. The van der Waals surface area contributed by atoms with Crippen LogP contribution in [0.2, 0.25) is 5.02 Å². The van der Waals surface area contributed by atoms with Crippen molar-refractivity contribution in [1.82, 2.24) is 9.88 Å². The second-order valence-corrected chi connectivity index (χ2v) is 7.66. The highest BCUT2D eigenvalue weighted by molar-refractivity contribution is 6.31. The van der Waals surface area contributed by atoms with E-state index in [1.54, 1.807) is 24.3 Å². The first kappa shape index (κ1) is 20.9. The van der Waals surface area contributed by atoms with Crippen molar-refractivity contribution < 1.29 is 19.1 Å². The van der Waals surface area contributed by atoms with Crippen molar-refractivity contribution in [3.05, 3.63) is 57.9 Å². The summed E-state index contributed by atoms with van der Waals surface area (Å²) in [5.74, 6) is -0.886. The minimum Gasteiger partial charge on any atom is -0.457 e. The summed E-state index contributed by atoms with van der Waals surface area (Å²) in [5, 5.41) is 2.88. The maximum absolute atomic E-state index is 12.6. The van der Waals surface area contributed by atoms with Gasteiger partial charge in [0.1, 0.15) is 0 Å². The van der Waals surface area contributed by atoms with E-state index in [0.717, 1.165) is 24.2 Å². The van der Waals surface area contributed by atoms with Crippen LogP contribution in [0.25, 0.3) is 0 Å². The van der Waals surface area contributed by atoms with Crippen LogP contribution in [-0.4, -0.2) is 29.0 Å². The molecule has 29 heavy (non-hydrogen) atoms. The van der Waals surface area contributed by atoms with Gasteiger partial charge in [-0.3, -0.25) is 9.59 Å². The summed E-state index contributed by atoms with van der Waals surface area (Å²) in [5.41, 5.74) is 8.26. The number of aromatic nitrogens is 1. The molecule has 0 bridgehead atoms. The number of halogens is 1. The molecule has 1 saturated carbocycles. The lowest BCUT2D eigenvalue weighted by Crippen LogP contribution is -2.35. The van der Waals surface area contributed by atoms with E-state index in [4.69, 9.17) is 22.1 Å². The zero-order valence-electron chi connectivity index (χ0n) is 16.4. The third-order valence-electron chi connectivity index (χ3n) is 5.03. The van der Waals surface area contributed by atoms with Crippen LogP contribution in [0.5, 0.6) is 0 Å². The number of esters is 1. The number of ketones is 1. The van der Waals surface area contributed by atoms with Crippen molar-refractivity contribution >= 4 is 29.4 Å². The van der Waals surface area contributed by atoms with Crippen molar-refractivity contribution in [1.29, 1.82) is 0 Å². The second-order valence-electron chi connectivity index (χ2n) is 7.26. The Morgan fingerprint density at radius 2 is 1.97 bits per heavy atom. The first-order chi connectivity index (χ1) is 13.8. The average Bonchev–Trinajstić information content (AvgIpc) is 3.44. The zero-order valence-corrected chi connectivity index (χ0v) is 17.2. The van der Waals surface area contributed by atoms with Crippen molar-refractivity contribution in [3.63, 3.8) is 0 Å². The van der Waals surface area contributed by atoms with Crippen LogP contribution in [0, 0.1) is 13.8 Å². The predicted octanol–water partition coefficient (Wildman–Crippen LogP) is 3.62. The first-order valence-corrected chi connectivity index (χ1v) is 9.83. The van der Waals surface area contributed by atoms with Gasteiger partial charge in [0.25, 0.3) is 0 Å². The van der Waals surface area contributed by atoms with E-state index in [1.165, 1.54) is 0 Å². The minimum atomic E-state index is -0.786. The molecule has 154 valence electrons. The Hall–Kier alpha value is -2.80. The highest BCUT2D eigenvalue weighted by Crippen LogP contribution is 2.38. The van der Waals surface area contributed by atoms with Crippen molar-refractivity contribution in [3.8, 4) is 0 Å². The second kappa shape index (κ2) is 8.69. The number of ether oxygens (including phenoxy) is 1. The molecule has 1 aromatic heterocycles. The van der Waals surface area contributed by atoms with Crippen molar-refractivity contribution in [2.75, 3.05) is 6.61 Å². The van der Waals surface area contributed by atoms with E-state index in [1.807, 2.05) is 19.9 Å². The van der Waals surface area contributed by atoms with Crippen LogP contribution in [0.15, 0.2) is 30.3 Å². The number of hydrogen-bond donors (Lipinski definition) is 2. The summed E-state index contributed by atoms with van der Waals surface area (Å²) in [4.78, 5) is 36.2. The molecule has 1 aromatic carbocycles. The highest BCUT2D eigenvalue weighted by atomic mass is 35.5. The number of primary amides is 1. The molecule has 2 aromatic rings. The van der Waals surface area contributed by atoms with Gasteiger partial charge in [-0.1, -0.05) is 29.8 Å². The maximum atomic E-state index is 12.6. The number of rotatable bonds is 8. The van der Waals surface area contributed by atoms with Gasteiger partial charge in [-0.15, -0.1) is 0 Å². The van der Waals surface area contributed by atoms with E-state index >= 15 is 0 Å². The maximum Gasteiger partial charge on any atom is 0.312 e. The van der Waals surface area contributed by atoms with E-state index in [0.29, 0.717) is 22.2 Å². The summed E-state index contributed by atoms with van der Waals surface area (Å²) in [6.45, 7) is 3.52. The molecule has 0 aliphatic heterocycles. The first-order valence-electron chi connectivity index (χ1n) is 9.45. The lowest BCUT2D eigenvalue weighted by Gasteiger charge is -2.18. The van der Waals surface area contributed by atoms with Crippen LogP contribution in [0.1, 0.15) is 58.7 Å². The summed E-state index contributed by atoms with van der Waals surface area (Å²) in [6.07, 6.45) is 2.05. The highest BCUT2D eigenvalue weighted by Gasteiger charge is 2.28. The monoisotopic (exact) mass is 417 g/mol. The van der Waals surface area contributed by atoms with Crippen molar-refractivity contribution in [2.45, 2.75) is 45.2 Å². The molecule has 0 unspecified atom stereocenters. The summed E-state index contributed by atoms with van der Waals surface area (Å²) >= 11 is 6.16. The molecule has 7 nitrogen and oxygen atoms in total. The standard InChI is InChI=1S/C21H24ClN3O4/c1-12-9-16(13(2)25(12)14-7-8-14)19(26)11-29-20(27)10-18(24-21(23)28)15-5-3-4-6-17(15)22/h3-6,9,14,18H,7-8,10-11H2,1-2H3,(H3,23,24,28)/t18-/m1/s1. The molecule has 2 amide bonds. The van der Waals surface area contributed by atoms with Gasteiger partial charge in [0.15, 0.2) is 6.61 Å². The molecule has 3 rings (SSSR count). The molecule has 1 aliphatic carbocycles. The molecule has 1 heterocycles. The van der Waals surface area contributed by atoms with Gasteiger partial charge in [-0.05, 0) is 44.4 Å². The number of hydrogen-bond acceptors (Lipinski definition) is 4. The van der Waals surface area contributed by atoms with E-state index in [9.17, 15) is 14.4 Å². The normalized spacial score (nSPS) is 14.3. The zero-order chi connectivity index (χ0) is 21.1. The van der Waals surface area contributed by atoms with Gasteiger partial charge in [0, 0.05) is 28.0 Å². The molecule has 1 fully saturated rings. The molecule has 0 spiro atoms. The fraction of sp³-hybridized carbons (Fsp3) is 0.381. The largest absolute Gasteiger partial charge is 0.457 e. The summed E-state index contributed by atoms with van der Waals surface area (Å²) in [6, 6.07) is 7.59. The van der Waals surface area contributed by atoms with Crippen LogP contribution in [0.4, 0.5) is 4.79 Å². The van der Waals surface area contributed by atoms with Gasteiger partial charge in [0.2, 0.25) is 5.78 Å². The summed E-state index contributed by atoms with van der Waals surface area (Å²) < 4.78 is 7.34. The Kier molecular flexibility index (Phi) is 6.27. The number of nitrogens with one attached hydrogen (secondary N) is 1. The Labute approximate surface area is 174 Å². The fourth-order valence-electron chi connectivity index (χ4n) is 3.57. The fourth-order valence-corrected chi connectivity index (χ4v) is 3.84. The smallest absolute Gasteiger partial charge is 0.312 e. The number of carbonyl (C=O) groups is 3. The van der Waals surface area contributed by atoms with E-state index in [2.05, 4.69) is 9.88 Å². The predicted molar refractivity (Wildman–Crippen MR) is 109 cm³/mol. The number of urea groups is 1. The van der Waals surface area contributed by atoms with Gasteiger partial charge >= 0.3 is 12.0 Å². The lowest BCUT2D eigenvalue weighted by molar-refractivity contribution is -0.143. The van der Waals surface area contributed by atoms with E-state index < -0.39 is 18.0 Å². The van der Waals surface area contributed by atoms with Gasteiger partial charge in [-0.25, -0.2) is 4.79 Å². The molecule has 3 N–H and O–H groups in total. The number of Topliss-reactive ketones (excluding diaryl/α,β-unsaturated/α-hetero) is 1. The number of carbonyl (C=O) groups excluding carboxylic acids is 3. The number of nitrogens with two attached hydrogens (primary N) is 1. The van der Waals surface area contributed by atoms with Crippen LogP contribution < -0.4 is 11.1 Å². The van der Waals surface area contributed by atoms with Crippen LogP contribution >= 0.6 is 11.6 Å². The number of aryl methyl sites for hydroxylation is 1. The van der Waals surface area contributed by atoms with E-state index in [-0.39, 0.29) is 18.8 Å². The third kappa shape index (κ3) is 4.98. The quantitative estimate of drug-likeness (QED) is 0.505. The molecule has 1 atom stereocenters. The SMILES string of the molecule is Cc1cc(C(=O)COC(=O)C[C@@H](NC(N)=O)c2ccccc2Cl)c(C)n1C1CC1. The molecular formula is C21H24ClN3O4. The molecule has 0 saturated heterocycles. The average molecular weight is 418 g/mol. The Balaban J connectivity index is 1.63. The topological polar surface area (TPSA) is 103 Å². The molecule has 0 radical (unpaired) electrons. The minimum absolute atomic E-state index is 0.193. The Bertz CT molecular complexity index is 949. The van der Waals surface area contributed by atoms with Gasteiger partial charge < -0.3 is 20.4 Å².